The second-order valence-corrected chi connectivity index (χ2v) is 5.67. The fourth-order valence-electron chi connectivity index (χ4n) is 1.60. The smallest absolute Gasteiger partial charge is 0.308 e. The summed E-state index contributed by atoms with van der Waals surface area (Å²) in [5, 5.41) is 12.3. The van der Waals surface area contributed by atoms with Crippen molar-refractivity contribution in [3.8, 4) is 5.75 Å². The Hall–Kier alpha value is -1.46. The molecule has 0 aliphatic carbocycles. The van der Waals surface area contributed by atoms with E-state index in [9.17, 15) is 9.59 Å². The van der Waals surface area contributed by atoms with Crippen LogP contribution < -0.4 is 10.1 Å². The number of amides is 1. The van der Waals surface area contributed by atoms with Gasteiger partial charge in [-0.25, -0.2) is 0 Å². The van der Waals surface area contributed by atoms with Gasteiger partial charge in [-0.2, -0.15) is 0 Å². The fourth-order valence-corrected chi connectivity index (χ4v) is 1.89. The van der Waals surface area contributed by atoms with E-state index in [1.165, 1.54) is 6.07 Å². The molecule has 5 nitrogen and oxygen atoms in total. The van der Waals surface area contributed by atoms with Crippen LogP contribution in [0.3, 0.4) is 0 Å². The molecule has 0 aliphatic heterocycles. The summed E-state index contributed by atoms with van der Waals surface area (Å²) in [6, 6.07) is 4.66. The Morgan fingerprint density at radius 1 is 1.29 bits per heavy atom. The minimum Gasteiger partial charge on any atom is -0.484 e. The minimum atomic E-state index is -0.935. The Morgan fingerprint density at radius 2 is 1.95 bits per heavy atom. The Labute approximate surface area is 133 Å². The Kier molecular flexibility index (Phi) is 6.78. The SMILES string of the molecule is CC(C)C(CNC(=O)COc1ccc(Cl)c(Cl)c1)C(=O)O. The van der Waals surface area contributed by atoms with E-state index in [1.807, 2.05) is 0 Å². The summed E-state index contributed by atoms with van der Waals surface area (Å²) < 4.78 is 5.25. The number of hydrogen-bond donors (Lipinski definition) is 2. The van der Waals surface area contributed by atoms with E-state index in [0.717, 1.165) is 0 Å². The average Bonchev–Trinajstić information content (AvgIpc) is 2.39. The fraction of sp³-hybridized carbons (Fsp3) is 0.429. The average molecular weight is 334 g/mol. The number of benzene rings is 1. The first-order valence-corrected chi connectivity index (χ1v) is 7.14. The second-order valence-electron chi connectivity index (χ2n) is 4.86. The van der Waals surface area contributed by atoms with E-state index in [-0.39, 0.29) is 19.1 Å². The summed E-state index contributed by atoms with van der Waals surface area (Å²) >= 11 is 11.6. The standard InChI is InChI=1S/C14H17Cl2NO4/c1-8(2)10(14(19)20)6-17-13(18)7-21-9-3-4-11(15)12(16)5-9/h3-5,8,10H,6-7H2,1-2H3,(H,17,18)(H,19,20). The van der Waals surface area contributed by atoms with Gasteiger partial charge in [-0.1, -0.05) is 37.0 Å². The quantitative estimate of drug-likeness (QED) is 0.804. The normalized spacial score (nSPS) is 12.0. The van der Waals surface area contributed by atoms with Crippen LogP contribution in [0, 0.1) is 11.8 Å². The highest BCUT2D eigenvalue weighted by molar-refractivity contribution is 6.42. The zero-order valence-electron chi connectivity index (χ0n) is 11.7. The number of carbonyl (C=O) groups excluding carboxylic acids is 1. The van der Waals surface area contributed by atoms with Gasteiger partial charge in [0.1, 0.15) is 5.75 Å². The topological polar surface area (TPSA) is 75.6 Å². The molecule has 1 unspecified atom stereocenters. The molecule has 0 aliphatic rings. The maximum atomic E-state index is 11.6. The highest BCUT2D eigenvalue weighted by Crippen LogP contribution is 2.26. The minimum absolute atomic E-state index is 0.0660. The molecule has 0 spiro atoms. The molecule has 1 aromatic carbocycles. The number of ether oxygens (including phenoxy) is 1. The summed E-state index contributed by atoms with van der Waals surface area (Å²) in [7, 11) is 0. The number of nitrogens with one attached hydrogen (secondary N) is 1. The molecule has 0 heterocycles. The van der Waals surface area contributed by atoms with Crippen LogP contribution >= 0.6 is 23.2 Å². The van der Waals surface area contributed by atoms with Gasteiger partial charge in [-0.15, -0.1) is 0 Å². The zero-order chi connectivity index (χ0) is 16.0. The summed E-state index contributed by atoms with van der Waals surface area (Å²) in [5.74, 6) is -1.61. The highest BCUT2D eigenvalue weighted by atomic mass is 35.5. The number of carbonyl (C=O) groups is 2. The molecule has 0 aromatic heterocycles. The van der Waals surface area contributed by atoms with Gasteiger partial charge in [0, 0.05) is 12.6 Å². The van der Waals surface area contributed by atoms with Crippen molar-refractivity contribution in [2.45, 2.75) is 13.8 Å². The molecule has 0 radical (unpaired) electrons. The molecule has 1 amide bonds. The summed E-state index contributed by atoms with van der Waals surface area (Å²) in [6.07, 6.45) is 0. The third kappa shape index (κ3) is 5.81. The molecule has 0 saturated heterocycles. The number of carboxylic acids is 1. The van der Waals surface area contributed by atoms with Gasteiger partial charge in [-0.3, -0.25) is 9.59 Å². The van der Waals surface area contributed by atoms with Gasteiger partial charge in [0.05, 0.1) is 16.0 Å². The molecular formula is C14H17Cl2NO4. The van der Waals surface area contributed by atoms with E-state index in [4.69, 9.17) is 33.0 Å². The van der Waals surface area contributed by atoms with E-state index in [0.29, 0.717) is 15.8 Å². The first-order chi connectivity index (χ1) is 9.81. The van der Waals surface area contributed by atoms with Crippen LogP contribution in [0.1, 0.15) is 13.8 Å². The number of rotatable bonds is 7. The molecule has 2 N–H and O–H groups in total. The van der Waals surface area contributed by atoms with E-state index in [1.54, 1.807) is 26.0 Å². The van der Waals surface area contributed by atoms with Crippen LogP contribution in [0.5, 0.6) is 5.75 Å². The van der Waals surface area contributed by atoms with Crippen molar-refractivity contribution in [1.29, 1.82) is 0 Å². The summed E-state index contributed by atoms with van der Waals surface area (Å²) in [5.41, 5.74) is 0. The van der Waals surface area contributed by atoms with Crippen molar-refractivity contribution in [3.63, 3.8) is 0 Å². The van der Waals surface area contributed by atoms with E-state index >= 15 is 0 Å². The van der Waals surface area contributed by atoms with Crippen molar-refractivity contribution in [1.82, 2.24) is 5.32 Å². The molecule has 0 bridgehead atoms. The summed E-state index contributed by atoms with van der Waals surface area (Å²) in [4.78, 5) is 22.6. The van der Waals surface area contributed by atoms with Crippen molar-refractivity contribution < 1.29 is 19.4 Å². The van der Waals surface area contributed by atoms with Crippen molar-refractivity contribution in [2.75, 3.05) is 13.2 Å². The predicted molar refractivity (Wildman–Crippen MR) is 80.9 cm³/mol. The third-order valence-corrected chi connectivity index (χ3v) is 3.64. The number of carboxylic acid groups (broad SMARTS) is 1. The first kappa shape index (κ1) is 17.6. The molecule has 7 heteroatoms. The van der Waals surface area contributed by atoms with Crippen LogP contribution in [0.15, 0.2) is 18.2 Å². The van der Waals surface area contributed by atoms with Gasteiger partial charge >= 0.3 is 5.97 Å². The monoisotopic (exact) mass is 333 g/mol. The third-order valence-electron chi connectivity index (χ3n) is 2.90. The lowest BCUT2D eigenvalue weighted by Gasteiger charge is -2.16. The van der Waals surface area contributed by atoms with Crippen LogP contribution in [0.4, 0.5) is 0 Å². The van der Waals surface area contributed by atoms with Crippen LogP contribution in [-0.2, 0) is 9.59 Å². The second kappa shape index (κ2) is 8.10. The zero-order valence-corrected chi connectivity index (χ0v) is 13.2. The Balaban J connectivity index is 2.43. The predicted octanol–water partition coefficient (Wildman–Crippen LogP) is 2.85. The lowest BCUT2D eigenvalue weighted by Crippen LogP contribution is -2.37. The van der Waals surface area contributed by atoms with Gasteiger partial charge in [0.15, 0.2) is 6.61 Å². The lowest BCUT2D eigenvalue weighted by molar-refractivity contribution is -0.143. The van der Waals surface area contributed by atoms with Crippen molar-refractivity contribution in [3.05, 3.63) is 28.2 Å². The van der Waals surface area contributed by atoms with Crippen LogP contribution in [-0.4, -0.2) is 30.1 Å². The lowest BCUT2D eigenvalue weighted by atomic mass is 9.96. The van der Waals surface area contributed by atoms with Crippen LogP contribution in [0.2, 0.25) is 10.0 Å². The number of aliphatic carboxylic acids is 1. The molecule has 116 valence electrons. The van der Waals surface area contributed by atoms with Gasteiger partial charge in [-0.05, 0) is 18.1 Å². The maximum absolute atomic E-state index is 11.6. The number of hydrogen-bond acceptors (Lipinski definition) is 3. The van der Waals surface area contributed by atoms with Gasteiger partial charge < -0.3 is 15.2 Å². The van der Waals surface area contributed by atoms with Crippen LogP contribution in [0.25, 0.3) is 0 Å². The highest BCUT2D eigenvalue weighted by Gasteiger charge is 2.21. The Morgan fingerprint density at radius 3 is 2.48 bits per heavy atom. The Bertz CT molecular complexity index is 520. The van der Waals surface area contributed by atoms with Crippen molar-refractivity contribution >= 4 is 35.1 Å². The first-order valence-electron chi connectivity index (χ1n) is 6.38. The largest absolute Gasteiger partial charge is 0.484 e. The molecule has 1 aromatic rings. The molecule has 0 saturated carbocycles. The summed E-state index contributed by atoms with van der Waals surface area (Å²) in [6.45, 7) is 3.42. The molecule has 0 fully saturated rings. The maximum Gasteiger partial charge on any atom is 0.308 e. The van der Waals surface area contributed by atoms with Crippen molar-refractivity contribution in [2.24, 2.45) is 11.8 Å². The molecular weight excluding hydrogens is 317 g/mol. The van der Waals surface area contributed by atoms with Gasteiger partial charge in [0.25, 0.3) is 5.91 Å². The van der Waals surface area contributed by atoms with E-state index in [2.05, 4.69) is 5.32 Å². The number of halogens is 2. The molecule has 1 atom stereocenters. The molecule has 1 rings (SSSR count). The van der Waals surface area contributed by atoms with E-state index < -0.39 is 17.8 Å². The van der Waals surface area contributed by atoms with Gasteiger partial charge in [0.2, 0.25) is 0 Å². The molecule has 21 heavy (non-hydrogen) atoms.